The molecule has 1 aliphatic heterocycles. The van der Waals surface area contributed by atoms with E-state index in [1.54, 1.807) is 11.0 Å². The number of amides is 1. The van der Waals surface area contributed by atoms with Gasteiger partial charge in [-0.2, -0.15) is 0 Å². The third-order valence-electron chi connectivity index (χ3n) is 4.82. The summed E-state index contributed by atoms with van der Waals surface area (Å²) in [5, 5.41) is 0. The van der Waals surface area contributed by atoms with Crippen molar-refractivity contribution >= 4 is 17.7 Å². The average Bonchev–Trinajstić information content (AvgIpc) is 2.68. The number of rotatable bonds is 5. The quantitative estimate of drug-likeness (QED) is 0.776. The molecule has 1 saturated heterocycles. The number of carbonyl (C=O) groups excluding carboxylic acids is 1. The summed E-state index contributed by atoms with van der Waals surface area (Å²) >= 11 is 0. The molecule has 1 aliphatic rings. The monoisotopic (exact) mass is 349 g/mol. The molecule has 0 radical (unpaired) electrons. The zero-order chi connectivity index (χ0) is 18.4. The first kappa shape index (κ1) is 18.2. The molecule has 4 heteroatoms. The molecule has 3 rings (SSSR count). The molecule has 0 aliphatic carbocycles. The van der Waals surface area contributed by atoms with Gasteiger partial charge in [-0.1, -0.05) is 48.5 Å². The van der Waals surface area contributed by atoms with Crippen molar-refractivity contribution in [3.63, 3.8) is 0 Å². The Morgan fingerprint density at radius 2 is 1.65 bits per heavy atom. The highest BCUT2D eigenvalue weighted by molar-refractivity contribution is 5.92. The lowest BCUT2D eigenvalue weighted by atomic mass is 10.1. The van der Waals surface area contributed by atoms with Crippen LogP contribution < -0.4 is 4.90 Å². The van der Waals surface area contributed by atoms with Crippen LogP contribution in [-0.4, -0.2) is 56.0 Å². The van der Waals surface area contributed by atoms with Crippen LogP contribution >= 0.6 is 0 Å². The van der Waals surface area contributed by atoms with Crippen LogP contribution in [0.5, 0.6) is 0 Å². The minimum atomic E-state index is 0.0158. The summed E-state index contributed by atoms with van der Waals surface area (Å²) < 4.78 is 0. The number of nitrogens with zero attached hydrogens (tertiary/aromatic N) is 3. The fourth-order valence-corrected chi connectivity index (χ4v) is 3.19. The van der Waals surface area contributed by atoms with Gasteiger partial charge in [-0.3, -0.25) is 4.79 Å². The van der Waals surface area contributed by atoms with Crippen molar-refractivity contribution < 1.29 is 4.79 Å². The van der Waals surface area contributed by atoms with E-state index in [0.29, 0.717) is 6.54 Å². The maximum Gasteiger partial charge on any atom is 0.246 e. The number of para-hydroxylation sites is 1. The zero-order valence-corrected chi connectivity index (χ0v) is 15.6. The summed E-state index contributed by atoms with van der Waals surface area (Å²) in [5.41, 5.74) is 3.43. The molecular weight excluding hydrogens is 322 g/mol. The Kier molecular flexibility index (Phi) is 6.08. The van der Waals surface area contributed by atoms with Crippen molar-refractivity contribution in [3.8, 4) is 0 Å². The molecule has 1 heterocycles. The summed E-state index contributed by atoms with van der Waals surface area (Å²) in [6.07, 6.45) is 3.62. The Labute approximate surface area is 156 Å². The molecule has 0 atom stereocenters. The van der Waals surface area contributed by atoms with Gasteiger partial charge >= 0.3 is 0 Å². The molecule has 1 fully saturated rings. The second-order valence-corrected chi connectivity index (χ2v) is 6.86. The van der Waals surface area contributed by atoms with Crippen LogP contribution in [0.25, 0.3) is 6.08 Å². The molecule has 0 spiro atoms. The Morgan fingerprint density at radius 3 is 2.38 bits per heavy atom. The van der Waals surface area contributed by atoms with E-state index in [-0.39, 0.29) is 5.91 Å². The van der Waals surface area contributed by atoms with E-state index >= 15 is 0 Å². The topological polar surface area (TPSA) is 26.8 Å². The minimum absolute atomic E-state index is 0.0158. The average molecular weight is 349 g/mol. The van der Waals surface area contributed by atoms with Crippen molar-refractivity contribution in [1.82, 2.24) is 9.80 Å². The van der Waals surface area contributed by atoms with Gasteiger partial charge in [0.15, 0.2) is 0 Å². The van der Waals surface area contributed by atoms with Crippen LogP contribution in [0.2, 0.25) is 0 Å². The third kappa shape index (κ3) is 4.73. The Morgan fingerprint density at radius 1 is 1.00 bits per heavy atom. The molecule has 0 saturated carbocycles. The fourth-order valence-electron chi connectivity index (χ4n) is 3.19. The smallest absolute Gasteiger partial charge is 0.246 e. The van der Waals surface area contributed by atoms with E-state index in [2.05, 4.69) is 35.0 Å². The van der Waals surface area contributed by atoms with E-state index in [0.717, 1.165) is 37.3 Å². The number of hydrogen-bond donors (Lipinski definition) is 0. The lowest BCUT2D eigenvalue weighted by Crippen LogP contribution is -2.44. The summed E-state index contributed by atoms with van der Waals surface area (Å²) in [6, 6.07) is 18.4. The lowest BCUT2D eigenvalue weighted by Gasteiger charge is -2.34. The first-order valence-electron chi connectivity index (χ1n) is 9.13. The molecule has 1 amide bonds. The number of anilines is 1. The third-order valence-corrected chi connectivity index (χ3v) is 4.82. The van der Waals surface area contributed by atoms with E-state index in [9.17, 15) is 4.79 Å². The van der Waals surface area contributed by atoms with Crippen LogP contribution in [-0.2, 0) is 11.3 Å². The predicted molar refractivity (Wildman–Crippen MR) is 108 cm³/mol. The van der Waals surface area contributed by atoms with Crippen molar-refractivity contribution in [2.75, 3.05) is 45.2 Å². The van der Waals surface area contributed by atoms with Gasteiger partial charge in [0.1, 0.15) is 0 Å². The fraction of sp³-hybridized carbons (Fsp3) is 0.318. The molecule has 136 valence electrons. The van der Waals surface area contributed by atoms with Crippen molar-refractivity contribution in [2.45, 2.75) is 6.54 Å². The van der Waals surface area contributed by atoms with E-state index in [1.807, 2.05) is 49.5 Å². The van der Waals surface area contributed by atoms with Crippen LogP contribution in [0.3, 0.4) is 0 Å². The second-order valence-electron chi connectivity index (χ2n) is 6.86. The number of benzene rings is 2. The molecule has 0 aromatic heterocycles. The maximum absolute atomic E-state index is 12.5. The number of piperazine rings is 1. The van der Waals surface area contributed by atoms with E-state index in [1.165, 1.54) is 5.69 Å². The highest BCUT2D eigenvalue weighted by Gasteiger charge is 2.16. The highest BCUT2D eigenvalue weighted by atomic mass is 16.2. The van der Waals surface area contributed by atoms with Crippen LogP contribution in [0.1, 0.15) is 11.1 Å². The van der Waals surface area contributed by atoms with Crippen molar-refractivity contribution in [1.29, 1.82) is 0 Å². The van der Waals surface area contributed by atoms with Gasteiger partial charge in [-0.25, -0.2) is 0 Å². The highest BCUT2D eigenvalue weighted by Crippen LogP contribution is 2.23. The predicted octanol–water partition coefficient (Wildman–Crippen LogP) is 3.11. The van der Waals surface area contributed by atoms with Gasteiger partial charge in [-0.15, -0.1) is 0 Å². The van der Waals surface area contributed by atoms with Gasteiger partial charge in [0.05, 0.1) is 0 Å². The second kappa shape index (κ2) is 8.68. The standard InChI is InChI=1S/C22H27N3O/c1-23-14-16-25(17-15-23)21-11-7-6-10-20(21)12-13-22(26)24(2)18-19-8-4-3-5-9-19/h3-13H,14-18H2,1-2H3. The van der Waals surface area contributed by atoms with Gasteiger partial charge < -0.3 is 14.7 Å². The number of hydrogen-bond acceptors (Lipinski definition) is 3. The zero-order valence-electron chi connectivity index (χ0n) is 15.6. The summed E-state index contributed by atoms with van der Waals surface area (Å²) in [7, 11) is 4.00. The van der Waals surface area contributed by atoms with E-state index in [4.69, 9.17) is 0 Å². The van der Waals surface area contributed by atoms with Gasteiger partial charge in [0, 0.05) is 51.5 Å². The van der Waals surface area contributed by atoms with E-state index < -0.39 is 0 Å². The molecular formula is C22H27N3O. The Hall–Kier alpha value is -2.59. The van der Waals surface area contributed by atoms with Crippen molar-refractivity contribution in [3.05, 3.63) is 71.8 Å². The summed E-state index contributed by atoms with van der Waals surface area (Å²) in [5.74, 6) is 0.0158. The van der Waals surface area contributed by atoms with Crippen LogP contribution in [0.4, 0.5) is 5.69 Å². The van der Waals surface area contributed by atoms with Crippen molar-refractivity contribution in [2.24, 2.45) is 0 Å². The molecule has 0 N–H and O–H groups in total. The largest absolute Gasteiger partial charge is 0.368 e. The Bertz CT molecular complexity index is 749. The van der Waals surface area contributed by atoms with Gasteiger partial charge in [-0.05, 0) is 30.3 Å². The van der Waals surface area contributed by atoms with Gasteiger partial charge in [0.25, 0.3) is 0 Å². The maximum atomic E-state index is 12.5. The summed E-state index contributed by atoms with van der Waals surface area (Å²) in [6.45, 7) is 4.78. The number of carbonyl (C=O) groups is 1. The summed E-state index contributed by atoms with van der Waals surface area (Å²) in [4.78, 5) is 19.0. The first-order valence-corrected chi connectivity index (χ1v) is 9.13. The van der Waals surface area contributed by atoms with Crippen LogP contribution in [0.15, 0.2) is 60.7 Å². The molecule has 4 nitrogen and oxygen atoms in total. The molecule has 0 bridgehead atoms. The van der Waals surface area contributed by atoms with Gasteiger partial charge in [0.2, 0.25) is 5.91 Å². The number of likely N-dealkylation sites (N-methyl/N-ethyl adjacent to an activating group) is 2. The Balaban J connectivity index is 1.67. The molecule has 26 heavy (non-hydrogen) atoms. The van der Waals surface area contributed by atoms with Crippen LogP contribution in [0, 0.1) is 0 Å². The lowest BCUT2D eigenvalue weighted by molar-refractivity contribution is -0.125. The minimum Gasteiger partial charge on any atom is -0.368 e. The molecule has 2 aromatic carbocycles. The first-order chi connectivity index (χ1) is 12.6. The molecule has 0 unspecified atom stereocenters. The normalized spacial score (nSPS) is 15.4. The SMILES string of the molecule is CN1CCN(c2ccccc2C=CC(=O)N(C)Cc2ccccc2)CC1. The molecule has 2 aromatic rings.